The molecule has 3 aromatic rings. The lowest BCUT2D eigenvalue weighted by molar-refractivity contribution is -0.143. The zero-order valence-corrected chi connectivity index (χ0v) is 21.3. The van der Waals surface area contributed by atoms with Gasteiger partial charge in [-0.1, -0.05) is 57.2 Å². The second-order valence-corrected chi connectivity index (χ2v) is 10.3. The van der Waals surface area contributed by atoms with Gasteiger partial charge in [-0.2, -0.15) is 0 Å². The van der Waals surface area contributed by atoms with Crippen LogP contribution in [0.4, 0.5) is 5.69 Å². The van der Waals surface area contributed by atoms with Crippen molar-refractivity contribution in [3.8, 4) is 16.2 Å². The Hall–Kier alpha value is -3.91. The summed E-state index contributed by atoms with van der Waals surface area (Å²) in [6.45, 7) is 4.85. The van der Waals surface area contributed by atoms with Crippen molar-refractivity contribution in [1.82, 2.24) is 0 Å². The van der Waals surface area contributed by atoms with Gasteiger partial charge in [0.05, 0.1) is 18.7 Å². The molecule has 1 N–H and O–H groups in total. The van der Waals surface area contributed by atoms with Crippen LogP contribution in [0.1, 0.15) is 32.4 Å². The lowest BCUT2D eigenvalue weighted by Gasteiger charge is -2.30. The van der Waals surface area contributed by atoms with E-state index < -0.39 is 29.1 Å². The van der Waals surface area contributed by atoms with Gasteiger partial charge >= 0.3 is 5.97 Å². The molecule has 2 aromatic carbocycles. The van der Waals surface area contributed by atoms with Gasteiger partial charge in [-0.05, 0) is 35.2 Å². The molecule has 0 bridgehead atoms. The summed E-state index contributed by atoms with van der Waals surface area (Å²) in [5.74, 6) is -1.91. The van der Waals surface area contributed by atoms with Gasteiger partial charge in [0.2, 0.25) is 0 Å². The van der Waals surface area contributed by atoms with Crippen molar-refractivity contribution in [2.45, 2.75) is 26.8 Å². The quantitative estimate of drug-likeness (QED) is 0.427. The van der Waals surface area contributed by atoms with Crippen molar-refractivity contribution in [2.24, 2.45) is 5.41 Å². The van der Waals surface area contributed by atoms with Gasteiger partial charge < -0.3 is 14.6 Å². The summed E-state index contributed by atoms with van der Waals surface area (Å²) in [4.78, 5) is 41.1. The highest BCUT2D eigenvalue weighted by molar-refractivity contribution is 7.13. The minimum atomic E-state index is -0.953. The number of benzene rings is 2. The number of Topliss-reactive ketones (excluding diaryl/α,β-unsaturated/α-hetero) is 1. The third-order valence-electron chi connectivity index (χ3n) is 5.87. The second-order valence-electron chi connectivity index (χ2n) is 9.35. The Morgan fingerprint density at radius 1 is 1.03 bits per heavy atom. The van der Waals surface area contributed by atoms with E-state index >= 15 is 0 Å². The summed E-state index contributed by atoms with van der Waals surface area (Å²) in [5.41, 5.74) is 1.10. The number of ketones is 1. The van der Waals surface area contributed by atoms with Crippen molar-refractivity contribution in [3.05, 3.63) is 82.9 Å². The summed E-state index contributed by atoms with van der Waals surface area (Å²) < 4.78 is 10.4. The van der Waals surface area contributed by atoms with E-state index in [1.165, 1.54) is 12.0 Å². The number of thiophene rings is 1. The van der Waals surface area contributed by atoms with Crippen LogP contribution in [0.5, 0.6) is 5.75 Å². The van der Waals surface area contributed by atoms with E-state index in [0.29, 0.717) is 17.0 Å². The molecule has 1 aliphatic rings. The van der Waals surface area contributed by atoms with E-state index in [4.69, 9.17) is 4.74 Å². The Morgan fingerprint density at radius 3 is 2.33 bits per heavy atom. The molecule has 0 saturated heterocycles. The highest BCUT2D eigenvalue weighted by Crippen LogP contribution is 2.46. The molecule has 36 heavy (non-hydrogen) atoms. The number of nitrogens with zero attached hydrogens (tertiary/aromatic N) is 1. The molecule has 1 amide bonds. The van der Waals surface area contributed by atoms with Gasteiger partial charge in [-0.15, -0.1) is 11.3 Å². The molecule has 1 aliphatic heterocycles. The van der Waals surface area contributed by atoms with Gasteiger partial charge in [0, 0.05) is 21.5 Å². The molecule has 0 saturated carbocycles. The Bertz CT molecular complexity index is 1320. The van der Waals surface area contributed by atoms with E-state index in [2.05, 4.69) is 4.74 Å². The monoisotopic (exact) mass is 505 g/mol. The first-order valence-electron chi connectivity index (χ1n) is 11.4. The van der Waals surface area contributed by atoms with Crippen molar-refractivity contribution in [1.29, 1.82) is 0 Å². The second kappa shape index (κ2) is 9.99. The lowest BCUT2D eigenvalue weighted by Crippen LogP contribution is -2.33. The van der Waals surface area contributed by atoms with E-state index in [9.17, 15) is 19.5 Å². The SMILES string of the molecule is COC(=O)COc1ccccc1C1C(C(=O)C(C)(C)C)=C(O)C(=O)N1c1ccc(-c2cccs2)cc1. The van der Waals surface area contributed by atoms with E-state index in [-0.39, 0.29) is 18.0 Å². The molecule has 0 fully saturated rings. The average Bonchev–Trinajstić information content (AvgIpc) is 3.49. The van der Waals surface area contributed by atoms with Crippen LogP contribution in [-0.4, -0.2) is 36.5 Å². The van der Waals surface area contributed by atoms with Crippen LogP contribution in [0.2, 0.25) is 0 Å². The van der Waals surface area contributed by atoms with Crippen LogP contribution in [0, 0.1) is 5.41 Å². The molecule has 0 spiro atoms. The predicted octanol–water partition coefficient (Wildman–Crippen LogP) is 5.48. The van der Waals surface area contributed by atoms with E-state index in [0.717, 1.165) is 10.4 Å². The minimum Gasteiger partial charge on any atom is -0.503 e. The van der Waals surface area contributed by atoms with Gasteiger partial charge in [0.1, 0.15) is 5.75 Å². The fraction of sp³-hybridized carbons (Fsp3) is 0.250. The van der Waals surface area contributed by atoms with Gasteiger partial charge in [0.25, 0.3) is 5.91 Å². The average molecular weight is 506 g/mol. The molecule has 8 heteroatoms. The topological polar surface area (TPSA) is 93.1 Å². The normalized spacial score (nSPS) is 15.8. The molecule has 186 valence electrons. The maximum Gasteiger partial charge on any atom is 0.343 e. The number of anilines is 1. The summed E-state index contributed by atoms with van der Waals surface area (Å²) in [6, 6.07) is 17.2. The number of carbonyl (C=O) groups excluding carboxylic acids is 3. The Morgan fingerprint density at radius 2 is 1.72 bits per heavy atom. The fourth-order valence-corrected chi connectivity index (χ4v) is 4.80. The fourth-order valence-electron chi connectivity index (χ4n) is 4.06. The van der Waals surface area contributed by atoms with Crippen LogP contribution in [0.15, 0.2) is 77.4 Å². The first kappa shape index (κ1) is 25.2. The molecule has 0 radical (unpaired) electrons. The minimum absolute atomic E-state index is 0.0102. The van der Waals surface area contributed by atoms with Crippen molar-refractivity contribution in [3.63, 3.8) is 0 Å². The molecule has 1 aromatic heterocycles. The van der Waals surface area contributed by atoms with Crippen molar-refractivity contribution >= 4 is 34.7 Å². The number of aliphatic hydroxyl groups excluding tert-OH is 1. The van der Waals surface area contributed by atoms with Crippen LogP contribution in [0.25, 0.3) is 10.4 Å². The van der Waals surface area contributed by atoms with Crippen LogP contribution < -0.4 is 9.64 Å². The zero-order valence-electron chi connectivity index (χ0n) is 20.5. The molecule has 1 atom stereocenters. The summed E-state index contributed by atoms with van der Waals surface area (Å²) in [7, 11) is 1.26. The Kier molecular flexibility index (Phi) is 6.99. The zero-order chi connectivity index (χ0) is 26.0. The maximum absolute atomic E-state index is 13.5. The number of aliphatic hydroxyl groups is 1. The van der Waals surface area contributed by atoms with Crippen LogP contribution in [-0.2, 0) is 19.1 Å². The third kappa shape index (κ3) is 4.77. The number of rotatable bonds is 7. The van der Waals surface area contributed by atoms with Gasteiger partial charge in [-0.3, -0.25) is 14.5 Å². The lowest BCUT2D eigenvalue weighted by atomic mass is 9.82. The molecular formula is C28H27NO6S. The third-order valence-corrected chi connectivity index (χ3v) is 6.79. The van der Waals surface area contributed by atoms with Crippen molar-refractivity contribution < 1.29 is 29.0 Å². The summed E-state index contributed by atoms with van der Waals surface area (Å²) >= 11 is 1.60. The van der Waals surface area contributed by atoms with Gasteiger partial charge in [-0.25, -0.2) is 4.79 Å². The largest absolute Gasteiger partial charge is 0.503 e. The standard InChI is InChI=1S/C28H27NO6S/c1-28(2,3)26(32)23-24(19-8-5-6-9-20(19)35-16-22(30)34-4)29(27(33)25(23)31)18-13-11-17(12-14-18)21-10-7-15-36-21/h5-15,24,31H,16H2,1-4H3. The maximum atomic E-state index is 13.5. The summed E-state index contributed by atoms with van der Waals surface area (Å²) in [5, 5.41) is 12.9. The number of methoxy groups -OCH3 is 1. The Labute approximate surface area is 213 Å². The number of ether oxygens (including phenoxy) is 2. The Balaban J connectivity index is 1.83. The molecule has 7 nitrogen and oxygen atoms in total. The van der Waals surface area contributed by atoms with E-state index in [1.54, 1.807) is 68.5 Å². The molecule has 1 unspecified atom stereocenters. The highest BCUT2D eigenvalue weighted by Gasteiger charge is 2.47. The first-order valence-corrected chi connectivity index (χ1v) is 12.3. The first-order chi connectivity index (χ1) is 17.1. The molecular weight excluding hydrogens is 478 g/mol. The molecule has 2 heterocycles. The number of para-hydroxylation sites is 1. The highest BCUT2D eigenvalue weighted by atomic mass is 32.1. The smallest absolute Gasteiger partial charge is 0.343 e. The number of hydrogen-bond acceptors (Lipinski definition) is 7. The van der Waals surface area contributed by atoms with Crippen LogP contribution in [0.3, 0.4) is 0 Å². The van der Waals surface area contributed by atoms with E-state index in [1.807, 2.05) is 29.6 Å². The molecule has 0 aliphatic carbocycles. The predicted molar refractivity (Wildman–Crippen MR) is 138 cm³/mol. The number of carbonyl (C=O) groups is 3. The molecule has 4 rings (SSSR count). The summed E-state index contributed by atoms with van der Waals surface area (Å²) in [6.07, 6.45) is 0. The number of amides is 1. The van der Waals surface area contributed by atoms with Crippen molar-refractivity contribution in [2.75, 3.05) is 18.6 Å². The number of hydrogen-bond donors (Lipinski definition) is 1. The van der Waals surface area contributed by atoms with Gasteiger partial charge in [0.15, 0.2) is 18.1 Å². The van der Waals surface area contributed by atoms with Crippen LogP contribution >= 0.6 is 11.3 Å². The number of esters is 1.